The van der Waals surface area contributed by atoms with Crippen LogP contribution in [0, 0.1) is 12.8 Å². The highest BCUT2D eigenvalue weighted by Crippen LogP contribution is 2.45. The summed E-state index contributed by atoms with van der Waals surface area (Å²) in [5.41, 5.74) is 9.06. The van der Waals surface area contributed by atoms with Crippen molar-refractivity contribution in [2.75, 3.05) is 42.3 Å². The molecule has 2 heterocycles. The predicted octanol–water partition coefficient (Wildman–Crippen LogP) is 3.81. The number of hydrogen-bond acceptors (Lipinski definition) is 7. The van der Waals surface area contributed by atoms with Crippen LogP contribution in [0.1, 0.15) is 50.3 Å². The van der Waals surface area contributed by atoms with Crippen LogP contribution in [0.25, 0.3) is 0 Å². The summed E-state index contributed by atoms with van der Waals surface area (Å²) >= 11 is 0. The van der Waals surface area contributed by atoms with Crippen LogP contribution in [0.4, 0.5) is 17.3 Å². The molecule has 2 fully saturated rings. The lowest BCUT2D eigenvalue weighted by Crippen LogP contribution is -2.44. The Kier molecular flexibility index (Phi) is 6.60. The number of rotatable bonds is 9. The third kappa shape index (κ3) is 4.55. The second kappa shape index (κ2) is 9.40. The molecule has 8 heteroatoms. The van der Waals surface area contributed by atoms with Crippen LogP contribution in [0.5, 0.6) is 0 Å². The first-order chi connectivity index (χ1) is 15.4. The molecule has 1 aliphatic carbocycles. The Morgan fingerprint density at radius 2 is 2.09 bits per heavy atom. The Morgan fingerprint density at radius 1 is 1.34 bits per heavy atom. The van der Waals surface area contributed by atoms with E-state index < -0.39 is 11.4 Å². The molecule has 2 aromatic rings. The van der Waals surface area contributed by atoms with Gasteiger partial charge in [-0.3, -0.25) is 4.79 Å². The molecule has 32 heavy (non-hydrogen) atoms. The van der Waals surface area contributed by atoms with Crippen molar-refractivity contribution in [2.45, 2.75) is 57.4 Å². The summed E-state index contributed by atoms with van der Waals surface area (Å²) in [5.74, 6) is 0.245. The van der Waals surface area contributed by atoms with Gasteiger partial charge in [0, 0.05) is 38.4 Å². The Labute approximate surface area is 189 Å². The fraction of sp³-hybridized carbons (Fsp3) is 0.583. The Balaban J connectivity index is 1.52. The van der Waals surface area contributed by atoms with E-state index in [2.05, 4.69) is 22.3 Å². The first-order valence-electron chi connectivity index (χ1n) is 11.5. The summed E-state index contributed by atoms with van der Waals surface area (Å²) in [7, 11) is 0. The van der Waals surface area contributed by atoms with Gasteiger partial charge in [-0.2, -0.15) is 0 Å². The highest BCUT2D eigenvalue weighted by molar-refractivity contribution is 5.84. The highest BCUT2D eigenvalue weighted by Gasteiger charge is 2.46. The topological polar surface area (TPSA) is 114 Å². The number of aromatic nitrogens is 1. The maximum absolute atomic E-state index is 11.9. The van der Waals surface area contributed by atoms with E-state index in [4.69, 9.17) is 15.0 Å². The van der Waals surface area contributed by atoms with Gasteiger partial charge in [-0.1, -0.05) is 24.6 Å². The zero-order chi connectivity index (χ0) is 22.7. The van der Waals surface area contributed by atoms with Crippen molar-refractivity contribution >= 4 is 23.2 Å². The highest BCUT2D eigenvalue weighted by atomic mass is 16.5. The molecule has 174 valence electrons. The van der Waals surface area contributed by atoms with Crippen molar-refractivity contribution in [2.24, 2.45) is 5.92 Å². The number of nitrogen functional groups attached to an aromatic ring is 1. The van der Waals surface area contributed by atoms with Crippen LogP contribution in [0.15, 0.2) is 28.8 Å². The molecule has 0 radical (unpaired) electrons. The number of aliphatic carboxylic acids is 1. The molecule has 2 aliphatic rings. The lowest BCUT2D eigenvalue weighted by Gasteiger charge is -2.40. The average molecular weight is 443 g/mol. The van der Waals surface area contributed by atoms with Gasteiger partial charge in [0.15, 0.2) is 0 Å². The van der Waals surface area contributed by atoms with E-state index in [0.29, 0.717) is 36.4 Å². The van der Waals surface area contributed by atoms with Crippen LogP contribution < -0.4 is 16.0 Å². The zero-order valence-corrected chi connectivity index (χ0v) is 19.0. The van der Waals surface area contributed by atoms with E-state index in [0.717, 1.165) is 62.5 Å². The van der Waals surface area contributed by atoms with Crippen LogP contribution in [-0.2, 0) is 14.9 Å². The molecule has 1 saturated carbocycles. The van der Waals surface area contributed by atoms with E-state index in [1.807, 2.05) is 31.2 Å². The van der Waals surface area contributed by atoms with Crippen molar-refractivity contribution in [3.05, 3.63) is 35.5 Å². The molecule has 4 rings (SSSR count). The van der Waals surface area contributed by atoms with Gasteiger partial charge in [-0.05, 0) is 56.2 Å². The van der Waals surface area contributed by atoms with Crippen LogP contribution in [-0.4, -0.2) is 48.6 Å². The molecule has 1 saturated heterocycles. The van der Waals surface area contributed by atoms with Gasteiger partial charge in [-0.25, -0.2) is 0 Å². The van der Waals surface area contributed by atoms with Crippen molar-refractivity contribution in [1.82, 2.24) is 5.16 Å². The fourth-order valence-corrected chi connectivity index (χ4v) is 4.83. The lowest BCUT2D eigenvalue weighted by atomic mass is 9.64. The smallest absolute Gasteiger partial charge is 0.314 e. The number of nitrogens with one attached hydrogen (secondary N) is 1. The van der Waals surface area contributed by atoms with Gasteiger partial charge in [0.25, 0.3) is 0 Å². The minimum Gasteiger partial charge on any atom is -0.481 e. The normalized spacial score (nSPS) is 19.2. The molecule has 0 spiro atoms. The minimum absolute atomic E-state index is 0.319. The average Bonchev–Trinajstić information content (AvgIpc) is 3.16. The number of hydrogen-bond donors (Lipinski definition) is 3. The van der Waals surface area contributed by atoms with Crippen LogP contribution in [0.3, 0.4) is 0 Å². The zero-order valence-electron chi connectivity index (χ0n) is 19.0. The summed E-state index contributed by atoms with van der Waals surface area (Å²) in [6, 6.07) is 8.09. The molecule has 0 amide bonds. The fourth-order valence-electron chi connectivity index (χ4n) is 4.83. The van der Waals surface area contributed by atoms with E-state index >= 15 is 0 Å². The Hall–Kier alpha value is -2.74. The summed E-state index contributed by atoms with van der Waals surface area (Å²) < 4.78 is 10.8. The molecule has 0 bridgehead atoms. The summed E-state index contributed by atoms with van der Waals surface area (Å²) in [5, 5.41) is 17.0. The maximum Gasteiger partial charge on any atom is 0.314 e. The number of ether oxygens (including phenoxy) is 1. The third-order valence-electron chi connectivity index (χ3n) is 6.90. The number of carboxylic acid groups (broad SMARTS) is 1. The largest absolute Gasteiger partial charge is 0.481 e. The first-order valence-corrected chi connectivity index (χ1v) is 11.5. The first kappa shape index (κ1) is 22.5. The molecule has 1 unspecified atom stereocenters. The molecule has 1 aromatic carbocycles. The molecular weight excluding hydrogens is 408 g/mol. The van der Waals surface area contributed by atoms with Crippen LogP contribution in [0.2, 0.25) is 0 Å². The molecular formula is C24H34N4O4. The molecule has 4 N–H and O–H groups in total. The molecule has 8 nitrogen and oxygen atoms in total. The lowest BCUT2D eigenvalue weighted by molar-refractivity contribution is -0.147. The second-order valence-corrected chi connectivity index (χ2v) is 9.33. The standard InChI is InChI=1S/C24H34N4O4/c1-16(14-26-22-12-17(2)27-32-22)15-28(19-6-10-31-11-7-19)21-5-4-18(13-20(21)25)24(23(29)30)8-3-9-24/h4-5,12-13,16,19,26H,3,6-11,14-15,25H2,1-2H3,(H,29,30). The molecule has 1 atom stereocenters. The third-order valence-corrected chi connectivity index (χ3v) is 6.90. The number of nitrogens with two attached hydrogens (primary N) is 1. The predicted molar refractivity (Wildman–Crippen MR) is 124 cm³/mol. The summed E-state index contributed by atoms with van der Waals surface area (Å²) in [6.45, 7) is 7.14. The maximum atomic E-state index is 11.9. The van der Waals surface area contributed by atoms with Crippen LogP contribution >= 0.6 is 0 Å². The number of anilines is 3. The van der Waals surface area contributed by atoms with Gasteiger partial charge in [-0.15, -0.1) is 0 Å². The van der Waals surface area contributed by atoms with Crippen molar-refractivity contribution in [1.29, 1.82) is 0 Å². The van der Waals surface area contributed by atoms with Crippen molar-refractivity contribution in [3.8, 4) is 0 Å². The molecule has 1 aromatic heterocycles. The van der Waals surface area contributed by atoms with E-state index in [1.54, 1.807) is 0 Å². The number of nitrogens with zero attached hydrogens (tertiary/aromatic N) is 2. The minimum atomic E-state index is -0.775. The summed E-state index contributed by atoms with van der Waals surface area (Å²) in [6.07, 6.45) is 4.18. The van der Waals surface area contributed by atoms with E-state index in [1.165, 1.54) is 0 Å². The van der Waals surface area contributed by atoms with E-state index in [9.17, 15) is 9.90 Å². The Morgan fingerprint density at radius 3 is 2.66 bits per heavy atom. The quantitative estimate of drug-likeness (QED) is 0.503. The monoisotopic (exact) mass is 442 g/mol. The Bertz CT molecular complexity index is 934. The number of carboxylic acids is 1. The van der Waals surface area contributed by atoms with Gasteiger partial charge >= 0.3 is 5.97 Å². The summed E-state index contributed by atoms with van der Waals surface area (Å²) in [4.78, 5) is 14.3. The van der Waals surface area contributed by atoms with Crippen molar-refractivity contribution < 1.29 is 19.2 Å². The van der Waals surface area contributed by atoms with Crippen molar-refractivity contribution in [3.63, 3.8) is 0 Å². The van der Waals surface area contributed by atoms with Gasteiger partial charge in [0.2, 0.25) is 5.88 Å². The number of benzene rings is 1. The molecule has 1 aliphatic heterocycles. The van der Waals surface area contributed by atoms with Gasteiger partial charge in [0.1, 0.15) is 0 Å². The number of aryl methyl sites for hydroxylation is 1. The van der Waals surface area contributed by atoms with E-state index in [-0.39, 0.29) is 0 Å². The van der Waals surface area contributed by atoms with Gasteiger partial charge < -0.3 is 30.3 Å². The number of carbonyl (C=O) groups is 1. The second-order valence-electron chi connectivity index (χ2n) is 9.33. The van der Waals surface area contributed by atoms with Gasteiger partial charge in [0.05, 0.1) is 22.5 Å². The SMILES string of the molecule is Cc1cc(NCC(C)CN(c2ccc(C3(C(=O)O)CCC3)cc2N)C2CCOCC2)on1.